The van der Waals surface area contributed by atoms with Gasteiger partial charge in [0.1, 0.15) is 0 Å². The molecule has 0 saturated heterocycles. The Morgan fingerprint density at radius 2 is 1.25 bits per heavy atom. The van der Waals surface area contributed by atoms with E-state index in [1.807, 2.05) is 0 Å². The molecule has 0 amide bonds. The fourth-order valence-corrected chi connectivity index (χ4v) is 0.672. The first kappa shape index (κ1) is 23.0. The van der Waals surface area contributed by atoms with Crippen molar-refractivity contribution in [2.75, 3.05) is 5.34 Å². The van der Waals surface area contributed by atoms with Crippen LogP contribution in [0.25, 0.3) is 0 Å². The lowest BCUT2D eigenvalue weighted by atomic mass is 11.9. The number of alkyl halides is 2. The van der Waals surface area contributed by atoms with Crippen LogP contribution in [-0.2, 0) is 13.4 Å². The lowest BCUT2D eigenvalue weighted by molar-refractivity contribution is 0.371. The van der Waals surface area contributed by atoms with Gasteiger partial charge < -0.3 is 22.1 Å². The molecule has 0 rings (SSSR count). The van der Waals surface area contributed by atoms with Gasteiger partial charge in [0.2, 0.25) is 0 Å². The van der Waals surface area contributed by atoms with Crippen molar-refractivity contribution in [3.63, 3.8) is 0 Å². The third kappa shape index (κ3) is 44.8. The van der Waals surface area contributed by atoms with E-state index < -0.39 is 16.5 Å². The lowest BCUT2D eigenvalue weighted by Crippen LogP contribution is -1.58. The minimum Gasteiger partial charge on any atom is -0.344 e. The summed E-state index contributed by atoms with van der Waals surface area (Å²) in [6, 6.07) is 0. The molecule has 0 bridgehead atoms. The Bertz CT molecular complexity index is 112. The first-order valence-corrected chi connectivity index (χ1v) is 5.39. The molecule has 0 aromatic heterocycles. The van der Waals surface area contributed by atoms with Crippen LogP contribution in [0.1, 0.15) is 0 Å². The second kappa shape index (κ2) is 17.8. The fourth-order valence-electron chi connectivity index (χ4n) is 0.0747. The van der Waals surface area contributed by atoms with Crippen molar-refractivity contribution < 1.29 is 23.2 Å². The van der Waals surface area contributed by atoms with Crippen LogP contribution in [0.15, 0.2) is 0 Å². The number of halogens is 2. The van der Waals surface area contributed by atoms with Gasteiger partial charge in [0.05, 0.1) is 5.34 Å². The first-order chi connectivity index (χ1) is 4.54. The molecule has 0 heterocycles. The van der Waals surface area contributed by atoms with E-state index in [1.165, 1.54) is 0 Å². The van der Waals surface area contributed by atoms with E-state index in [4.69, 9.17) is 33.0 Å². The zero-order valence-electron chi connectivity index (χ0n) is 6.00. The third-order valence-corrected chi connectivity index (χ3v) is 1.57. The Balaban J connectivity index is -0.0000000569. The molecule has 12 heavy (non-hydrogen) atoms. The molecule has 0 aromatic rings. The predicted octanol–water partition coefficient (Wildman–Crippen LogP) is 1.51. The van der Waals surface area contributed by atoms with Gasteiger partial charge in [-0.3, -0.25) is 9.13 Å². The summed E-state index contributed by atoms with van der Waals surface area (Å²) in [5.74, 6) is 0. The summed E-state index contributed by atoms with van der Waals surface area (Å²) in [5.41, 5.74) is 0. The largest absolute Gasteiger partial charge is 0.344 e. The van der Waals surface area contributed by atoms with E-state index in [2.05, 4.69) is 4.31 Å². The summed E-state index contributed by atoms with van der Waals surface area (Å²) in [6.45, 7) is 0. The Hall–Kier alpha value is 0.840. The van der Waals surface area contributed by atoms with Crippen molar-refractivity contribution in [1.29, 1.82) is 0 Å². The highest BCUT2D eigenvalue weighted by molar-refractivity contribution is 7.46. The van der Waals surface area contributed by atoms with Gasteiger partial charge >= 0.3 is 16.5 Å². The van der Waals surface area contributed by atoms with E-state index >= 15 is 0 Å². The Kier molecular flexibility index (Phi) is 34.2. The fraction of sp³-hybridized carbons (Fsp3) is 1.00. The van der Waals surface area contributed by atoms with Crippen LogP contribution in [0.3, 0.4) is 0 Å². The van der Waals surface area contributed by atoms with E-state index in [9.17, 15) is 9.13 Å². The molecule has 0 saturated carbocycles. The molecule has 0 aliphatic heterocycles. The molecule has 0 spiro atoms. The summed E-state index contributed by atoms with van der Waals surface area (Å²) in [6.07, 6.45) is 0. The average Bonchev–Trinajstić information content (AvgIpc) is 1.62. The average molecular weight is 265 g/mol. The molecular formula is CH12Cl2N2O5P2. The van der Waals surface area contributed by atoms with Crippen LogP contribution in [0.4, 0.5) is 0 Å². The van der Waals surface area contributed by atoms with E-state index in [1.54, 1.807) is 0 Å². The molecular weight excluding hydrogens is 253 g/mol. The number of hydrogen-bond donors (Lipinski definition) is 4. The minimum absolute atomic E-state index is 0. The molecule has 2 unspecified atom stereocenters. The van der Waals surface area contributed by atoms with Crippen molar-refractivity contribution in [3.8, 4) is 0 Å². The second-order valence-corrected chi connectivity index (χ2v) is 3.42. The van der Waals surface area contributed by atoms with Gasteiger partial charge in [-0.05, 0) is 0 Å². The van der Waals surface area contributed by atoms with E-state index in [-0.39, 0.29) is 17.6 Å². The highest BCUT2D eigenvalue weighted by Crippen LogP contribution is 2.30. The molecule has 0 aliphatic rings. The smallest absolute Gasteiger partial charge is 0.323 e. The molecule has 7 nitrogen and oxygen atoms in total. The molecule has 0 fully saturated rings. The summed E-state index contributed by atoms with van der Waals surface area (Å²) in [7, 11) is -6.40. The van der Waals surface area contributed by atoms with E-state index in [0.717, 1.165) is 0 Å². The Morgan fingerprint density at radius 1 is 1.08 bits per heavy atom. The maximum Gasteiger partial charge on any atom is 0.323 e. The number of hydrogen-bond acceptors (Lipinski definition) is 5. The van der Waals surface area contributed by atoms with Crippen molar-refractivity contribution in [2.24, 2.45) is 0 Å². The normalized spacial score (nSPS) is 12.3. The SMILES string of the molecule is ClCCl.N.N.O=[PH](O)O[PH](=O)O. The highest BCUT2D eigenvalue weighted by atomic mass is 35.5. The second-order valence-electron chi connectivity index (χ2n) is 0.735. The Morgan fingerprint density at radius 3 is 1.25 bits per heavy atom. The third-order valence-electron chi connectivity index (χ3n) is 0.175. The summed E-state index contributed by atoms with van der Waals surface area (Å²) < 4.78 is 22.3. The Labute approximate surface area is 81.1 Å². The van der Waals surface area contributed by atoms with Gasteiger partial charge in [-0.25, -0.2) is 4.31 Å². The summed E-state index contributed by atoms with van der Waals surface area (Å²) in [4.78, 5) is 15.4. The van der Waals surface area contributed by atoms with Crippen LogP contribution in [0.5, 0.6) is 0 Å². The van der Waals surface area contributed by atoms with Crippen LogP contribution < -0.4 is 12.3 Å². The monoisotopic (exact) mass is 264 g/mol. The first-order valence-electron chi connectivity index (χ1n) is 1.80. The van der Waals surface area contributed by atoms with Gasteiger partial charge in [-0.1, -0.05) is 0 Å². The molecule has 0 aromatic carbocycles. The quantitative estimate of drug-likeness (QED) is 0.435. The topological polar surface area (TPSA) is 154 Å². The van der Waals surface area contributed by atoms with Crippen molar-refractivity contribution >= 4 is 39.7 Å². The maximum atomic E-state index is 9.44. The molecule has 0 aliphatic carbocycles. The molecule has 8 N–H and O–H groups in total. The van der Waals surface area contributed by atoms with Gasteiger partial charge in [0.15, 0.2) is 0 Å². The molecule has 11 heteroatoms. The predicted molar refractivity (Wildman–Crippen MR) is 50.1 cm³/mol. The van der Waals surface area contributed by atoms with Crippen molar-refractivity contribution in [3.05, 3.63) is 0 Å². The van der Waals surface area contributed by atoms with Gasteiger partial charge in [-0.15, -0.1) is 23.2 Å². The van der Waals surface area contributed by atoms with Crippen LogP contribution in [-0.4, -0.2) is 15.1 Å². The maximum absolute atomic E-state index is 9.44. The lowest BCUT2D eigenvalue weighted by Gasteiger charge is -1.86. The number of rotatable bonds is 2. The van der Waals surface area contributed by atoms with E-state index in [0.29, 0.717) is 0 Å². The highest BCUT2D eigenvalue weighted by Gasteiger charge is 1.93. The van der Waals surface area contributed by atoms with Crippen molar-refractivity contribution in [2.45, 2.75) is 0 Å². The van der Waals surface area contributed by atoms with Crippen LogP contribution in [0, 0.1) is 0 Å². The summed E-state index contributed by atoms with van der Waals surface area (Å²) in [5, 5.41) is 0.194. The van der Waals surface area contributed by atoms with Crippen LogP contribution in [0.2, 0.25) is 0 Å². The van der Waals surface area contributed by atoms with Gasteiger partial charge in [-0.2, -0.15) is 0 Å². The zero-order chi connectivity index (χ0) is 8.57. The van der Waals surface area contributed by atoms with Gasteiger partial charge in [0, 0.05) is 0 Å². The minimum atomic E-state index is -3.20. The molecule has 0 radical (unpaired) electrons. The van der Waals surface area contributed by atoms with Gasteiger partial charge in [0.25, 0.3) is 0 Å². The zero-order valence-corrected chi connectivity index (χ0v) is 9.51. The molecule has 2 atom stereocenters. The molecule has 80 valence electrons. The summed E-state index contributed by atoms with van der Waals surface area (Å²) >= 11 is 9.53. The standard InChI is InChI=1S/CH2Cl2.2H3N.H4O5P2/c2-1-3;;;1-6(2)5-7(3)4/h1H2;2*1H3;6-7H,(H,1,2)(H,3,4). The van der Waals surface area contributed by atoms with Crippen molar-refractivity contribution in [1.82, 2.24) is 12.3 Å². The van der Waals surface area contributed by atoms with Crippen LogP contribution >= 0.6 is 39.7 Å².